The van der Waals surface area contributed by atoms with Crippen LogP contribution in [0.25, 0.3) is 34.1 Å². The number of H-pyrrole nitrogens is 1. The highest BCUT2D eigenvalue weighted by atomic mass is 79.9. The molecule has 0 bridgehead atoms. The fourth-order valence-corrected chi connectivity index (χ4v) is 5.65. The summed E-state index contributed by atoms with van der Waals surface area (Å²) in [5.74, 6) is 0.911. The highest BCUT2D eigenvalue weighted by Gasteiger charge is 2.30. The first-order valence-corrected chi connectivity index (χ1v) is 13.8. The van der Waals surface area contributed by atoms with Crippen LogP contribution in [0.15, 0.2) is 89.4 Å². The second kappa shape index (κ2) is 10.5. The second-order valence-corrected chi connectivity index (χ2v) is 10.6. The molecule has 6 heteroatoms. The molecular weight excluding hydrogens is 524 g/mol. The van der Waals surface area contributed by atoms with Crippen molar-refractivity contribution in [3.8, 4) is 11.3 Å². The van der Waals surface area contributed by atoms with Gasteiger partial charge in [0.05, 0.1) is 6.54 Å². The predicted octanol–water partition coefficient (Wildman–Crippen LogP) is 6.52. The molecule has 0 spiro atoms. The molecule has 1 saturated heterocycles. The standard InChI is InChI=1S/C31H29BrN4O/c32-25-16-13-23(14-17-25)15-18-28(37)30-29(24-9-3-1-4-10-24)33-31-35(22-21-34-19-7-2-8-20-34)26-11-5-6-12-27(26)36(30)31/h1,3-6,9-18H,2,7-8,19-22H2/p+1/b18-15+. The predicted molar refractivity (Wildman–Crippen MR) is 153 cm³/mol. The number of fused-ring (bicyclic) bond motifs is 3. The molecule has 0 saturated carbocycles. The van der Waals surface area contributed by atoms with Gasteiger partial charge in [0.1, 0.15) is 16.7 Å². The molecule has 37 heavy (non-hydrogen) atoms. The summed E-state index contributed by atoms with van der Waals surface area (Å²) in [7, 11) is 0. The SMILES string of the molecule is O=C(/C=C/c1ccc(Br)cc1)c1c(-c2ccccc2)[nH]c2n1c1ccccc1[n+]2CCN1CCCCC1. The number of aromatic nitrogens is 3. The summed E-state index contributed by atoms with van der Waals surface area (Å²) < 4.78 is 5.47. The van der Waals surface area contributed by atoms with Crippen LogP contribution in [0.1, 0.15) is 35.3 Å². The molecule has 0 radical (unpaired) electrons. The van der Waals surface area contributed by atoms with Gasteiger partial charge in [0, 0.05) is 16.6 Å². The van der Waals surface area contributed by atoms with Crippen molar-refractivity contribution in [2.24, 2.45) is 0 Å². The number of rotatable bonds is 7. The number of hydrogen-bond acceptors (Lipinski definition) is 2. The van der Waals surface area contributed by atoms with Crippen molar-refractivity contribution in [2.45, 2.75) is 25.8 Å². The number of benzene rings is 3. The van der Waals surface area contributed by atoms with Crippen molar-refractivity contribution < 1.29 is 9.36 Å². The topological polar surface area (TPSA) is 44.4 Å². The molecule has 5 nitrogen and oxygen atoms in total. The number of aromatic amines is 1. The van der Waals surface area contributed by atoms with Crippen LogP contribution in [0.2, 0.25) is 0 Å². The van der Waals surface area contributed by atoms with Crippen molar-refractivity contribution in [2.75, 3.05) is 19.6 Å². The lowest BCUT2D eigenvalue weighted by molar-refractivity contribution is -0.647. The normalized spacial score (nSPS) is 14.7. The monoisotopic (exact) mass is 553 g/mol. The van der Waals surface area contributed by atoms with E-state index in [-0.39, 0.29) is 5.78 Å². The molecule has 0 amide bonds. The van der Waals surface area contributed by atoms with E-state index in [0.717, 1.165) is 51.2 Å². The lowest BCUT2D eigenvalue weighted by Crippen LogP contribution is -2.42. The molecule has 3 aromatic carbocycles. The van der Waals surface area contributed by atoms with Crippen molar-refractivity contribution >= 4 is 44.6 Å². The fourth-order valence-electron chi connectivity index (χ4n) is 5.39. The number of ketones is 1. The third-order valence-corrected chi connectivity index (χ3v) is 7.79. The largest absolute Gasteiger partial charge is 0.368 e. The van der Waals surface area contributed by atoms with E-state index in [1.807, 2.05) is 54.6 Å². The smallest absolute Gasteiger partial charge is 0.300 e. The van der Waals surface area contributed by atoms with E-state index in [9.17, 15) is 4.79 Å². The van der Waals surface area contributed by atoms with Crippen molar-refractivity contribution in [3.05, 3.63) is 101 Å². The third kappa shape index (κ3) is 4.79. The van der Waals surface area contributed by atoms with Gasteiger partial charge in [-0.2, -0.15) is 4.40 Å². The number of halogens is 1. The van der Waals surface area contributed by atoms with Crippen LogP contribution >= 0.6 is 15.9 Å². The number of para-hydroxylation sites is 2. The Balaban J connectivity index is 1.48. The Morgan fingerprint density at radius 2 is 1.65 bits per heavy atom. The van der Waals surface area contributed by atoms with Crippen LogP contribution in [0.5, 0.6) is 0 Å². The van der Waals surface area contributed by atoms with Gasteiger partial charge in [0.25, 0.3) is 0 Å². The van der Waals surface area contributed by atoms with E-state index in [4.69, 9.17) is 0 Å². The van der Waals surface area contributed by atoms with Gasteiger partial charge in [-0.1, -0.05) is 83.0 Å². The number of nitrogens with one attached hydrogen (secondary N) is 1. The van der Waals surface area contributed by atoms with Crippen molar-refractivity contribution in [3.63, 3.8) is 0 Å². The van der Waals surface area contributed by atoms with Crippen LogP contribution in [-0.4, -0.2) is 39.7 Å². The molecule has 6 rings (SSSR count). The van der Waals surface area contributed by atoms with Gasteiger partial charge in [-0.3, -0.25) is 4.79 Å². The van der Waals surface area contributed by atoms with Gasteiger partial charge < -0.3 is 4.90 Å². The Morgan fingerprint density at radius 3 is 2.43 bits per heavy atom. The summed E-state index contributed by atoms with van der Waals surface area (Å²) in [6.45, 7) is 4.20. The first kappa shape index (κ1) is 23.9. The van der Waals surface area contributed by atoms with Crippen molar-refractivity contribution in [1.82, 2.24) is 14.3 Å². The van der Waals surface area contributed by atoms with Gasteiger partial charge in [0.15, 0.2) is 5.69 Å². The van der Waals surface area contributed by atoms with E-state index in [0.29, 0.717) is 5.69 Å². The molecule has 2 aromatic heterocycles. The first-order valence-electron chi connectivity index (χ1n) is 13.0. The van der Waals surface area contributed by atoms with Crippen LogP contribution in [0.4, 0.5) is 0 Å². The maximum absolute atomic E-state index is 13.9. The lowest BCUT2D eigenvalue weighted by atomic mass is 10.1. The zero-order chi connectivity index (χ0) is 25.2. The molecule has 0 unspecified atom stereocenters. The van der Waals surface area contributed by atoms with E-state index in [2.05, 4.69) is 65.1 Å². The number of likely N-dealkylation sites (tertiary alicyclic amines) is 1. The number of nitrogens with zero attached hydrogens (tertiary/aromatic N) is 3. The summed E-state index contributed by atoms with van der Waals surface area (Å²) in [6.07, 6.45) is 7.46. The maximum Gasteiger partial charge on any atom is 0.368 e. The van der Waals surface area contributed by atoms with Crippen molar-refractivity contribution in [1.29, 1.82) is 0 Å². The molecule has 3 heterocycles. The minimum absolute atomic E-state index is 0.0306. The quantitative estimate of drug-likeness (QED) is 0.142. The third-order valence-electron chi connectivity index (χ3n) is 7.26. The van der Waals surface area contributed by atoms with E-state index in [1.165, 1.54) is 32.4 Å². The van der Waals surface area contributed by atoms with Gasteiger partial charge >= 0.3 is 5.78 Å². The van der Waals surface area contributed by atoms with Crippen LogP contribution in [0, 0.1) is 0 Å². The van der Waals surface area contributed by atoms with Gasteiger partial charge in [-0.05, 0) is 61.8 Å². The fraction of sp³-hybridized carbons (Fsp3) is 0.226. The van der Waals surface area contributed by atoms with Crippen LogP contribution in [0.3, 0.4) is 0 Å². The molecule has 0 atom stereocenters. The highest BCUT2D eigenvalue weighted by molar-refractivity contribution is 9.10. The molecule has 1 aliphatic heterocycles. The molecule has 186 valence electrons. The number of carbonyl (C=O) groups is 1. The molecule has 0 aliphatic carbocycles. The van der Waals surface area contributed by atoms with Crippen LogP contribution < -0.4 is 4.57 Å². The van der Waals surface area contributed by atoms with Gasteiger partial charge in [-0.25, -0.2) is 9.55 Å². The Morgan fingerprint density at radius 1 is 0.919 bits per heavy atom. The second-order valence-electron chi connectivity index (χ2n) is 9.67. The summed E-state index contributed by atoms with van der Waals surface area (Å²) >= 11 is 3.48. The lowest BCUT2D eigenvalue weighted by Gasteiger charge is -2.25. The number of allylic oxidation sites excluding steroid dienone is 1. The molecular formula is C31H30BrN4O+. The van der Waals surface area contributed by atoms with Crippen LogP contribution in [-0.2, 0) is 6.54 Å². The number of hydrogen-bond donors (Lipinski definition) is 1. The summed E-state index contributed by atoms with van der Waals surface area (Å²) in [4.78, 5) is 20.1. The Hall–Kier alpha value is -3.48. The molecule has 1 N–H and O–H groups in total. The number of imidazole rings is 2. The van der Waals surface area contributed by atoms with E-state index < -0.39 is 0 Å². The van der Waals surface area contributed by atoms with Gasteiger partial charge in [-0.15, -0.1) is 0 Å². The molecule has 1 fully saturated rings. The first-order chi connectivity index (χ1) is 18.2. The minimum Gasteiger partial charge on any atom is -0.300 e. The molecule has 1 aliphatic rings. The number of carbonyl (C=O) groups excluding carboxylic acids is 1. The average Bonchev–Trinajstić information content (AvgIpc) is 3.48. The highest BCUT2D eigenvalue weighted by Crippen LogP contribution is 2.28. The zero-order valence-electron chi connectivity index (χ0n) is 20.7. The average molecular weight is 555 g/mol. The minimum atomic E-state index is -0.0306. The summed E-state index contributed by atoms with van der Waals surface area (Å²) in [6, 6.07) is 26.5. The molecule has 5 aromatic rings. The van der Waals surface area contributed by atoms with Gasteiger partial charge in [0.2, 0.25) is 5.78 Å². The summed E-state index contributed by atoms with van der Waals surface area (Å²) in [5.41, 5.74) is 5.66. The van der Waals surface area contributed by atoms with E-state index >= 15 is 0 Å². The maximum atomic E-state index is 13.9. The Labute approximate surface area is 225 Å². The Bertz CT molecular complexity index is 1570. The zero-order valence-corrected chi connectivity index (χ0v) is 22.3. The number of piperidine rings is 1. The Kier molecular flexibility index (Phi) is 6.77. The van der Waals surface area contributed by atoms with E-state index in [1.54, 1.807) is 6.08 Å². The summed E-state index contributed by atoms with van der Waals surface area (Å²) in [5, 5.41) is 0.